The first kappa shape index (κ1) is 68.8. The molecule has 30 heteroatoms. The lowest BCUT2D eigenvalue weighted by Gasteiger charge is -2.28. The smallest absolute Gasteiger partial charge is 0.313 e. The SMILES string of the molecule is COc1cnc(-n2cnc(C(=O)N[C@H]3C[C@@H](CO)N(CCCc4cn(CCOCCOCCOCCOCCOCCOCCOCCOCCC(=O)Oc5c(F)cc(F)cc5F)nn4)C3)n2)c2[nH]cc(C(=O)C(=O)N3CCC(=C(C#N)c4ccccc4)CC3)c12. The number of H-pyrrole nitrogens is 1. The number of ketones is 1. The standard InChI is InChI=1S/C61H75F3N12O15/c1-82-52-37-67-59(55-54(52)49(36-66-55)56(79)61(81)73-13-9-43(10-14-73)48(35-65)42-6-3-2-4-7-42)76-41-68-58(71-76)60(80)69-46-34-47(40-77)74(38-46)12-5-8-45-39-75(72-70-45)15-17-84-19-21-86-23-25-88-27-29-90-31-30-89-28-26-87-24-22-85-20-18-83-16-11-53(78)91-57-50(63)32-44(62)33-51(57)64/h2-4,6-7,32-33,36-37,39,41,46-47,66,77H,5,8-31,34,38,40H2,1H3,(H,69,80)/t46-,47-/m0/s1. The second kappa shape index (κ2) is 36.7. The summed E-state index contributed by atoms with van der Waals surface area (Å²) >= 11 is 0. The molecule has 0 bridgehead atoms. The second-order valence-electron chi connectivity index (χ2n) is 20.8. The zero-order valence-electron chi connectivity index (χ0n) is 50.6. The Hall–Kier alpha value is -8.09. The first-order valence-electron chi connectivity index (χ1n) is 29.9. The quantitative estimate of drug-likeness (QED) is 0.0123. The number of aryl methyl sites for hydroxylation is 1. The highest BCUT2D eigenvalue weighted by molar-refractivity contribution is 6.45. The molecule has 2 aromatic carbocycles. The van der Waals surface area contributed by atoms with Crippen LogP contribution in [-0.4, -0.2) is 236 Å². The highest BCUT2D eigenvalue weighted by atomic mass is 19.1. The fourth-order valence-corrected chi connectivity index (χ4v) is 10.1. The monoisotopic (exact) mass is 1270 g/mol. The molecule has 27 nitrogen and oxygen atoms in total. The number of ether oxygens (including phenoxy) is 10. The van der Waals surface area contributed by atoms with Gasteiger partial charge in [0.15, 0.2) is 17.5 Å². The molecule has 2 amide bonds. The lowest BCUT2D eigenvalue weighted by atomic mass is 9.93. The molecule has 8 rings (SSSR count). The number of nitrogens with one attached hydrogen (secondary N) is 2. The van der Waals surface area contributed by atoms with E-state index in [0.717, 1.165) is 23.3 Å². The predicted molar refractivity (Wildman–Crippen MR) is 316 cm³/mol. The summed E-state index contributed by atoms with van der Waals surface area (Å²) in [6.07, 6.45) is 8.65. The molecule has 0 saturated carbocycles. The van der Waals surface area contributed by atoms with E-state index in [1.165, 1.54) is 35.4 Å². The van der Waals surface area contributed by atoms with Gasteiger partial charge >= 0.3 is 5.97 Å². The van der Waals surface area contributed by atoms with Crippen molar-refractivity contribution in [1.29, 1.82) is 5.26 Å². The number of aromatic nitrogens is 8. The van der Waals surface area contributed by atoms with E-state index in [-0.39, 0.29) is 81.0 Å². The highest BCUT2D eigenvalue weighted by Gasteiger charge is 2.34. The number of pyridine rings is 1. The number of allylic oxidation sites excluding steroid dienone is 1. The average Bonchev–Trinajstić information content (AvgIpc) is 1.69. The molecule has 0 radical (unpaired) electrons. The van der Waals surface area contributed by atoms with Gasteiger partial charge in [-0.15, -0.1) is 10.2 Å². The first-order valence-corrected chi connectivity index (χ1v) is 29.9. The maximum absolute atomic E-state index is 13.9. The van der Waals surface area contributed by atoms with Crippen molar-refractivity contribution in [2.75, 3.05) is 146 Å². The lowest BCUT2D eigenvalue weighted by Crippen LogP contribution is -2.40. The number of carbonyl (C=O) groups is 4. The summed E-state index contributed by atoms with van der Waals surface area (Å²) in [7, 11) is 1.43. The van der Waals surface area contributed by atoms with Crippen LogP contribution < -0.4 is 14.8 Å². The molecular weight excluding hydrogens is 1200 g/mol. The molecular formula is C61H75F3N12O15. The number of rotatable bonds is 40. The molecule has 0 unspecified atom stereocenters. The molecule has 2 aliphatic heterocycles. The number of hydrogen-bond acceptors (Lipinski definition) is 22. The zero-order chi connectivity index (χ0) is 64.2. The van der Waals surface area contributed by atoms with Gasteiger partial charge in [0.05, 0.1) is 172 Å². The van der Waals surface area contributed by atoms with E-state index in [2.05, 4.69) is 51.4 Å². The van der Waals surface area contributed by atoms with Crippen molar-refractivity contribution in [3.05, 3.63) is 113 Å². The fourth-order valence-electron chi connectivity index (χ4n) is 10.1. The Labute approximate surface area is 522 Å². The lowest BCUT2D eigenvalue weighted by molar-refractivity contribution is -0.136. The Morgan fingerprint density at radius 2 is 1.40 bits per heavy atom. The van der Waals surface area contributed by atoms with Crippen molar-refractivity contribution >= 4 is 40.0 Å². The third-order valence-electron chi connectivity index (χ3n) is 14.6. The van der Waals surface area contributed by atoms with Crippen LogP contribution in [0.3, 0.4) is 0 Å². The van der Waals surface area contributed by atoms with E-state index in [1.807, 2.05) is 36.5 Å². The number of nitriles is 1. The van der Waals surface area contributed by atoms with Crippen LogP contribution in [0, 0.1) is 28.8 Å². The number of hydrogen-bond donors (Lipinski definition) is 3. The predicted octanol–water partition coefficient (Wildman–Crippen LogP) is 3.87. The van der Waals surface area contributed by atoms with Crippen molar-refractivity contribution in [3.8, 4) is 23.4 Å². The van der Waals surface area contributed by atoms with Crippen molar-refractivity contribution in [1.82, 2.24) is 54.8 Å². The third kappa shape index (κ3) is 20.7. The third-order valence-corrected chi connectivity index (χ3v) is 14.6. The Bertz CT molecular complexity index is 3350. The van der Waals surface area contributed by atoms with Crippen LogP contribution >= 0.6 is 0 Å². The maximum atomic E-state index is 13.9. The number of esters is 1. The molecule has 91 heavy (non-hydrogen) atoms. The molecule has 2 saturated heterocycles. The second-order valence-corrected chi connectivity index (χ2v) is 20.8. The Morgan fingerprint density at radius 1 is 0.791 bits per heavy atom. The van der Waals surface area contributed by atoms with E-state index in [9.17, 15) is 42.7 Å². The number of amides is 2. The van der Waals surface area contributed by atoms with Crippen LogP contribution in [0.5, 0.6) is 11.5 Å². The topological polar surface area (TPSA) is 313 Å². The number of aliphatic hydroxyl groups excluding tert-OH is 1. The minimum atomic E-state index is -1.31. The number of fused-ring (bicyclic) bond motifs is 1. The highest BCUT2D eigenvalue weighted by Crippen LogP contribution is 2.33. The maximum Gasteiger partial charge on any atom is 0.313 e. The molecule has 2 fully saturated rings. The zero-order valence-corrected chi connectivity index (χ0v) is 50.6. The summed E-state index contributed by atoms with van der Waals surface area (Å²) < 4.78 is 97.3. The number of likely N-dealkylation sites (tertiary alicyclic amines) is 2. The molecule has 3 N–H and O–H groups in total. The van der Waals surface area contributed by atoms with Crippen LogP contribution in [0.1, 0.15) is 64.3 Å². The summed E-state index contributed by atoms with van der Waals surface area (Å²) in [4.78, 5) is 68.3. The van der Waals surface area contributed by atoms with Gasteiger partial charge in [-0.2, -0.15) is 9.94 Å². The van der Waals surface area contributed by atoms with Crippen molar-refractivity contribution in [2.45, 2.75) is 57.2 Å². The van der Waals surface area contributed by atoms with Gasteiger partial charge in [0.2, 0.25) is 11.6 Å². The van der Waals surface area contributed by atoms with Gasteiger partial charge < -0.3 is 67.7 Å². The van der Waals surface area contributed by atoms with Gasteiger partial charge in [-0.3, -0.25) is 24.1 Å². The molecule has 2 aliphatic rings. The van der Waals surface area contributed by atoms with Crippen molar-refractivity contribution in [2.24, 2.45) is 0 Å². The van der Waals surface area contributed by atoms with Crippen LogP contribution in [0.25, 0.3) is 22.3 Å². The summed E-state index contributed by atoms with van der Waals surface area (Å²) in [6, 6.07) is 12.1. The summed E-state index contributed by atoms with van der Waals surface area (Å²) in [5.74, 6) is -7.20. The fraction of sp³-hybridized carbons (Fsp3) is 0.508. The van der Waals surface area contributed by atoms with Gasteiger partial charge in [0.25, 0.3) is 17.6 Å². The van der Waals surface area contributed by atoms with Crippen LogP contribution in [0.15, 0.2) is 73.0 Å². The molecule has 4 aromatic heterocycles. The largest absolute Gasteiger partial charge is 0.494 e. The van der Waals surface area contributed by atoms with Crippen molar-refractivity contribution in [3.63, 3.8) is 0 Å². The number of nitrogens with zero attached hydrogens (tertiary/aromatic N) is 10. The Morgan fingerprint density at radius 3 is 1.99 bits per heavy atom. The van der Waals surface area contributed by atoms with E-state index < -0.39 is 46.8 Å². The van der Waals surface area contributed by atoms with Crippen LogP contribution in [0.2, 0.25) is 0 Å². The summed E-state index contributed by atoms with van der Waals surface area (Å²) in [5.41, 5.74) is 3.59. The number of aromatic amines is 1. The average molecular weight is 1270 g/mol. The van der Waals surface area contributed by atoms with E-state index in [4.69, 9.17) is 42.6 Å². The van der Waals surface area contributed by atoms with Crippen LogP contribution in [0.4, 0.5) is 13.2 Å². The van der Waals surface area contributed by atoms with Gasteiger partial charge in [0.1, 0.15) is 17.9 Å². The molecule has 2 atom stereocenters. The number of methoxy groups -OCH3 is 1. The Kier molecular flexibility index (Phi) is 27.7. The van der Waals surface area contributed by atoms with Gasteiger partial charge in [0, 0.05) is 56.2 Å². The number of aliphatic hydroxyl groups is 1. The molecule has 490 valence electrons. The number of Topliss-reactive ketones (excluding diaryl/α,β-unsaturated/α-hetero) is 1. The molecule has 6 aromatic rings. The minimum Gasteiger partial charge on any atom is -0.494 e. The first-order chi connectivity index (χ1) is 44.4. The normalized spacial score (nSPS) is 15.1. The van der Waals surface area contributed by atoms with Gasteiger partial charge in [-0.25, -0.2) is 27.8 Å². The number of piperidine rings is 1. The van der Waals surface area contributed by atoms with E-state index in [1.54, 1.807) is 4.68 Å². The van der Waals surface area contributed by atoms with Gasteiger partial charge in [-0.1, -0.05) is 35.5 Å². The summed E-state index contributed by atoms with van der Waals surface area (Å²) in [5, 5.41) is 36.4. The number of carbonyl (C=O) groups excluding carboxylic acids is 4. The summed E-state index contributed by atoms with van der Waals surface area (Å²) in [6.45, 7) is 7.62. The van der Waals surface area contributed by atoms with E-state index >= 15 is 0 Å². The van der Waals surface area contributed by atoms with Crippen molar-refractivity contribution < 1.29 is 84.8 Å². The van der Waals surface area contributed by atoms with Crippen LogP contribution in [-0.2, 0) is 60.4 Å². The molecule has 6 heterocycles. The Balaban J connectivity index is 0.614. The van der Waals surface area contributed by atoms with E-state index in [0.29, 0.717) is 160 Å². The molecule has 0 spiro atoms. The number of halogens is 3. The number of benzene rings is 2. The molecule has 0 aliphatic carbocycles. The minimum absolute atomic E-state index is 0.0554. The van der Waals surface area contributed by atoms with Gasteiger partial charge in [-0.05, 0) is 49.8 Å².